The summed E-state index contributed by atoms with van der Waals surface area (Å²) in [6.07, 6.45) is 3.75. The van der Waals surface area contributed by atoms with Crippen molar-refractivity contribution in [1.82, 2.24) is 5.32 Å². The molecule has 1 aliphatic rings. The molecule has 1 amide bonds. The monoisotopic (exact) mass is 289 g/mol. The van der Waals surface area contributed by atoms with Gasteiger partial charge in [-0.1, -0.05) is 31.2 Å². The van der Waals surface area contributed by atoms with Gasteiger partial charge in [-0.15, -0.1) is 0 Å². The molecular formula is C17H23NO3. The highest BCUT2D eigenvalue weighted by Gasteiger charge is 2.32. The van der Waals surface area contributed by atoms with Gasteiger partial charge in [0, 0.05) is 19.4 Å². The van der Waals surface area contributed by atoms with Crippen molar-refractivity contribution in [1.29, 1.82) is 0 Å². The van der Waals surface area contributed by atoms with E-state index >= 15 is 0 Å². The van der Waals surface area contributed by atoms with Crippen LogP contribution in [0.3, 0.4) is 0 Å². The third-order valence-electron chi connectivity index (χ3n) is 4.11. The van der Waals surface area contributed by atoms with Crippen LogP contribution in [0, 0.1) is 5.41 Å². The van der Waals surface area contributed by atoms with Crippen molar-refractivity contribution < 1.29 is 14.7 Å². The van der Waals surface area contributed by atoms with E-state index in [0.717, 1.165) is 12.8 Å². The third kappa shape index (κ3) is 4.59. The normalized spacial score (nSPS) is 15.5. The van der Waals surface area contributed by atoms with E-state index in [-0.39, 0.29) is 17.7 Å². The van der Waals surface area contributed by atoms with Crippen LogP contribution < -0.4 is 5.32 Å². The second-order valence-corrected chi connectivity index (χ2v) is 6.31. The van der Waals surface area contributed by atoms with Crippen LogP contribution >= 0.6 is 0 Å². The van der Waals surface area contributed by atoms with Crippen LogP contribution in [0.25, 0.3) is 0 Å². The minimum atomic E-state index is -0.799. The van der Waals surface area contributed by atoms with Gasteiger partial charge in [-0.05, 0) is 42.2 Å². The number of benzene rings is 1. The molecule has 0 unspecified atom stereocenters. The predicted molar refractivity (Wildman–Crippen MR) is 81.1 cm³/mol. The topological polar surface area (TPSA) is 66.4 Å². The Hall–Kier alpha value is -1.84. The number of carbonyl (C=O) groups excluding carboxylic acids is 1. The lowest BCUT2D eigenvalue weighted by Gasteiger charge is -2.24. The van der Waals surface area contributed by atoms with E-state index in [1.165, 1.54) is 11.1 Å². The Morgan fingerprint density at radius 3 is 2.29 bits per heavy atom. The summed E-state index contributed by atoms with van der Waals surface area (Å²) >= 11 is 0. The van der Waals surface area contributed by atoms with Crippen molar-refractivity contribution in [2.45, 2.75) is 45.4 Å². The zero-order chi connectivity index (χ0) is 15.3. The molecule has 0 bridgehead atoms. The average Bonchev–Trinajstić information content (AvgIpc) is 2.78. The highest BCUT2D eigenvalue weighted by atomic mass is 16.4. The molecule has 0 fully saturated rings. The van der Waals surface area contributed by atoms with Crippen LogP contribution in [-0.2, 0) is 22.4 Å². The molecular weight excluding hydrogens is 266 g/mol. The van der Waals surface area contributed by atoms with Gasteiger partial charge in [0.05, 0.1) is 0 Å². The highest BCUT2D eigenvalue weighted by Crippen LogP contribution is 2.35. The summed E-state index contributed by atoms with van der Waals surface area (Å²) in [5.41, 5.74) is 2.87. The summed E-state index contributed by atoms with van der Waals surface area (Å²) in [5, 5.41) is 11.5. The summed E-state index contributed by atoms with van der Waals surface area (Å²) in [5.74, 6) is -0.774. The molecule has 0 aliphatic heterocycles. The van der Waals surface area contributed by atoms with Gasteiger partial charge in [-0.2, -0.15) is 0 Å². The largest absolute Gasteiger partial charge is 0.481 e. The first-order chi connectivity index (χ1) is 9.98. The molecule has 0 spiro atoms. The molecule has 2 N–H and O–H groups in total. The highest BCUT2D eigenvalue weighted by molar-refractivity contribution is 5.76. The SMILES string of the molecule is CC1(CNC(=O)CCCCC(=O)O)Cc2ccccc2C1. The molecule has 114 valence electrons. The van der Waals surface area contributed by atoms with Crippen LogP contribution in [0.5, 0.6) is 0 Å². The fourth-order valence-corrected chi connectivity index (χ4v) is 2.97. The van der Waals surface area contributed by atoms with Crippen molar-refractivity contribution in [3.63, 3.8) is 0 Å². The van der Waals surface area contributed by atoms with Crippen molar-refractivity contribution in [2.75, 3.05) is 6.54 Å². The van der Waals surface area contributed by atoms with Crippen LogP contribution in [-0.4, -0.2) is 23.5 Å². The third-order valence-corrected chi connectivity index (χ3v) is 4.11. The number of fused-ring (bicyclic) bond motifs is 1. The molecule has 4 heteroatoms. The van der Waals surface area contributed by atoms with Gasteiger partial charge in [0.1, 0.15) is 0 Å². The lowest BCUT2D eigenvalue weighted by molar-refractivity contribution is -0.137. The zero-order valence-electron chi connectivity index (χ0n) is 12.5. The number of rotatable bonds is 7. The van der Waals surface area contributed by atoms with Gasteiger partial charge in [0.2, 0.25) is 5.91 Å². The molecule has 0 radical (unpaired) electrons. The summed E-state index contributed by atoms with van der Waals surface area (Å²) < 4.78 is 0. The Bertz CT molecular complexity index is 500. The second-order valence-electron chi connectivity index (χ2n) is 6.31. The lowest BCUT2D eigenvalue weighted by atomic mass is 9.87. The van der Waals surface area contributed by atoms with Crippen LogP contribution in [0.4, 0.5) is 0 Å². The molecule has 2 rings (SSSR count). The number of aliphatic carboxylic acids is 1. The van der Waals surface area contributed by atoms with Gasteiger partial charge < -0.3 is 10.4 Å². The quantitative estimate of drug-likeness (QED) is 0.758. The van der Waals surface area contributed by atoms with E-state index in [1.807, 2.05) is 0 Å². The number of amides is 1. The minimum absolute atomic E-state index is 0.0255. The Labute approximate surface area is 125 Å². The summed E-state index contributed by atoms with van der Waals surface area (Å²) in [6, 6.07) is 8.44. The molecule has 1 aromatic rings. The maximum Gasteiger partial charge on any atom is 0.303 e. The van der Waals surface area contributed by atoms with Crippen molar-refractivity contribution in [3.05, 3.63) is 35.4 Å². The van der Waals surface area contributed by atoms with Crippen molar-refractivity contribution in [3.8, 4) is 0 Å². The Kier molecular flexibility index (Phi) is 4.99. The maximum absolute atomic E-state index is 11.8. The van der Waals surface area contributed by atoms with E-state index in [2.05, 4.69) is 36.5 Å². The Morgan fingerprint density at radius 1 is 1.14 bits per heavy atom. The molecule has 0 saturated carbocycles. The minimum Gasteiger partial charge on any atom is -0.481 e. The number of hydrogen-bond acceptors (Lipinski definition) is 2. The second kappa shape index (κ2) is 6.74. The lowest BCUT2D eigenvalue weighted by Crippen LogP contribution is -2.36. The van der Waals surface area contributed by atoms with E-state index < -0.39 is 5.97 Å². The first-order valence-corrected chi connectivity index (χ1v) is 7.54. The average molecular weight is 289 g/mol. The van der Waals surface area contributed by atoms with Crippen LogP contribution in [0.15, 0.2) is 24.3 Å². The zero-order valence-corrected chi connectivity index (χ0v) is 12.5. The first-order valence-electron chi connectivity index (χ1n) is 7.54. The first kappa shape index (κ1) is 15.5. The van der Waals surface area contributed by atoms with E-state index in [1.54, 1.807) is 0 Å². The van der Waals surface area contributed by atoms with E-state index in [4.69, 9.17) is 5.11 Å². The number of carboxylic acid groups (broad SMARTS) is 1. The van der Waals surface area contributed by atoms with Gasteiger partial charge in [-0.3, -0.25) is 9.59 Å². The molecule has 0 atom stereocenters. The number of hydrogen-bond donors (Lipinski definition) is 2. The van der Waals surface area contributed by atoms with Gasteiger partial charge in [-0.25, -0.2) is 0 Å². The molecule has 0 saturated heterocycles. The van der Waals surface area contributed by atoms with E-state index in [9.17, 15) is 9.59 Å². The van der Waals surface area contributed by atoms with Gasteiger partial charge in [0.15, 0.2) is 0 Å². The number of unbranched alkanes of at least 4 members (excludes halogenated alkanes) is 1. The van der Waals surface area contributed by atoms with Crippen molar-refractivity contribution >= 4 is 11.9 Å². The summed E-state index contributed by atoms with van der Waals surface area (Å²) in [6.45, 7) is 2.89. The van der Waals surface area contributed by atoms with Gasteiger partial charge >= 0.3 is 5.97 Å². The fourth-order valence-electron chi connectivity index (χ4n) is 2.97. The fraction of sp³-hybridized carbons (Fsp3) is 0.529. The maximum atomic E-state index is 11.8. The molecule has 1 aliphatic carbocycles. The Morgan fingerprint density at radius 2 is 1.71 bits per heavy atom. The Balaban J connectivity index is 1.71. The molecule has 0 aromatic heterocycles. The smallest absolute Gasteiger partial charge is 0.303 e. The number of carboxylic acids is 1. The molecule has 4 nitrogen and oxygen atoms in total. The molecule has 0 heterocycles. The van der Waals surface area contributed by atoms with Crippen LogP contribution in [0.1, 0.15) is 43.7 Å². The number of nitrogens with one attached hydrogen (secondary N) is 1. The summed E-state index contributed by atoms with van der Waals surface area (Å²) in [7, 11) is 0. The van der Waals surface area contributed by atoms with Crippen molar-refractivity contribution in [2.24, 2.45) is 5.41 Å². The summed E-state index contributed by atoms with van der Waals surface area (Å²) in [4.78, 5) is 22.2. The number of carbonyl (C=O) groups is 2. The molecule has 1 aromatic carbocycles. The van der Waals surface area contributed by atoms with E-state index in [0.29, 0.717) is 25.8 Å². The van der Waals surface area contributed by atoms with Crippen LogP contribution in [0.2, 0.25) is 0 Å². The standard InChI is InChI=1S/C17H23NO3/c1-17(10-13-6-2-3-7-14(13)11-17)12-18-15(19)8-4-5-9-16(20)21/h2-3,6-7H,4-5,8-12H2,1H3,(H,18,19)(H,20,21). The predicted octanol–water partition coefficient (Wildman–Crippen LogP) is 2.55. The molecule has 21 heavy (non-hydrogen) atoms. The van der Waals surface area contributed by atoms with Gasteiger partial charge in [0.25, 0.3) is 0 Å².